The van der Waals surface area contributed by atoms with E-state index in [1.165, 1.54) is 24.7 Å². The Kier molecular flexibility index (Phi) is 2.86. The average Bonchev–Trinajstić information content (AvgIpc) is 3.14. The van der Waals surface area contributed by atoms with E-state index in [0.29, 0.717) is 11.7 Å². The Bertz CT molecular complexity index is 613. The van der Waals surface area contributed by atoms with Crippen LogP contribution in [0.5, 0.6) is 0 Å². The van der Waals surface area contributed by atoms with Crippen LogP contribution in [-0.4, -0.2) is 14.5 Å². The molecule has 0 saturated heterocycles. The fourth-order valence-electron chi connectivity index (χ4n) is 2.36. The maximum Gasteiger partial charge on any atom is 0.146 e. The SMILES string of the molecule is C=CCCn1c(Br)c(C2CC2)c2c(N)ncnc21. The first-order valence-corrected chi connectivity index (χ1v) is 6.92. The molecule has 1 aliphatic rings. The van der Waals surface area contributed by atoms with E-state index in [0.717, 1.165) is 28.6 Å². The summed E-state index contributed by atoms with van der Waals surface area (Å²) in [6.07, 6.45) is 6.82. The summed E-state index contributed by atoms with van der Waals surface area (Å²) in [5.41, 5.74) is 8.24. The molecule has 0 spiro atoms. The van der Waals surface area contributed by atoms with Crippen molar-refractivity contribution in [2.24, 2.45) is 0 Å². The van der Waals surface area contributed by atoms with Crippen molar-refractivity contribution < 1.29 is 0 Å². The molecule has 0 bridgehead atoms. The molecule has 18 heavy (non-hydrogen) atoms. The molecule has 2 N–H and O–H groups in total. The van der Waals surface area contributed by atoms with Crippen LogP contribution in [0.4, 0.5) is 5.82 Å². The number of rotatable bonds is 4. The largest absolute Gasteiger partial charge is 0.383 e. The van der Waals surface area contributed by atoms with E-state index >= 15 is 0 Å². The second-order valence-corrected chi connectivity index (χ2v) is 5.42. The van der Waals surface area contributed by atoms with Crippen LogP contribution in [0.25, 0.3) is 11.0 Å². The number of hydrogen-bond donors (Lipinski definition) is 1. The zero-order chi connectivity index (χ0) is 12.7. The first kappa shape index (κ1) is 11.7. The maximum atomic E-state index is 6.03. The van der Waals surface area contributed by atoms with Crippen LogP contribution in [0.1, 0.15) is 30.7 Å². The molecule has 0 aromatic carbocycles. The molecule has 2 heterocycles. The second kappa shape index (κ2) is 4.39. The molecule has 5 heteroatoms. The van der Waals surface area contributed by atoms with Gasteiger partial charge in [-0.15, -0.1) is 6.58 Å². The Morgan fingerprint density at radius 2 is 2.28 bits per heavy atom. The standard InChI is InChI=1S/C13H15BrN4/c1-2-3-6-18-11(14)9(8-4-5-8)10-12(15)16-7-17-13(10)18/h2,7-8H,1,3-6H2,(H2,15,16,17). The molecule has 1 aliphatic carbocycles. The van der Waals surface area contributed by atoms with Crippen LogP contribution in [-0.2, 0) is 6.54 Å². The van der Waals surface area contributed by atoms with Crippen molar-refractivity contribution in [1.29, 1.82) is 0 Å². The minimum atomic E-state index is 0.583. The van der Waals surface area contributed by atoms with E-state index in [1.54, 1.807) is 0 Å². The van der Waals surface area contributed by atoms with Gasteiger partial charge in [0.2, 0.25) is 0 Å². The molecule has 0 unspecified atom stereocenters. The third-order valence-corrected chi connectivity index (χ3v) is 4.24. The number of nitrogens with two attached hydrogens (primary N) is 1. The molecule has 4 nitrogen and oxygen atoms in total. The van der Waals surface area contributed by atoms with E-state index in [-0.39, 0.29) is 0 Å². The topological polar surface area (TPSA) is 56.7 Å². The Morgan fingerprint density at radius 3 is 2.94 bits per heavy atom. The summed E-state index contributed by atoms with van der Waals surface area (Å²) >= 11 is 3.70. The Hall–Kier alpha value is -1.36. The quantitative estimate of drug-likeness (QED) is 0.882. The third kappa shape index (κ3) is 1.73. The molecular formula is C13H15BrN4. The summed E-state index contributed by atoms with van der Waals surface area (Å²) < 4.78 is 3.27. The van der Waals surface area contributed by atoms with Gasteiger partial charge in [0.25, 0.3) is 0 Å². The van der Waals surface area contributed by atoms with E-state index in [2.05, 4.69) is 37.0 Å². The normalized spacial score (nSPS) is 15.2. The summed E-state index contributed by atoms with van der Waals surface area (Å²) in [6.45, 7) is 4.64. The van der Waals surface area contributed by atoms with Gasteiger partial charge >= 0.3 is 0 Å². The molecule has 1 fully saturated rings. The highest BCUT2D eigenvalue weighted by Crippen LogP contribution is 2.48. The van der Waals surface area contributed by atoms with Crippen LogP contribution in [0.2, 0.25) is 0 Å². The minimum Gasteiger partial charge on any atom is -0.383 e. The molecular weight excluding hydrogens is 292 g/mol. The van der Waals surface area contributed by atoms with Gasteiger partial charge in [-0.2, -0.15) is 0 Å². The lowest BCUT2D eigenvalue weighted by Gasteiger charge is -2.04. The summed E-state index contributed by atoms with van der Waals surface area (Å²) in [5, 5.41) is 1.02. The predicted octanol–water partition coefficient (Wildman–Crippen LogP) is 3.23. The van der Waals surface area contributed by atoms with Crippen molar-refractivity contribution in [1.82, 2.24) is 14.5 Å². The van der Waals surface area contributed by atoms with Crippen molar-refractivity contribution in [3.8, 4) is 0 Å². The van der Waals surface area contributed by atoms with Gasteiger partial charge in [0.1, 0.15) is 17.8 Å². The lowest BCUT2D eigenvalue weighted by molar-refractivity contribution is 0.713. The summed E-state index contributed by atoms with van der Waals surface area (Å²) in [4.78, 5) is 8.52. The molecule has 3 rings (SSSR count). The van der Waals surface area contributed by atoms with E-state index < -0.39 is 0 Å². The number of nitrogen functional groups attached to an aromatic ring is 1. The van der Waals surface area contributed by atoms with E-state index in [1.807, 2.05) is 6.08 Å². The van der Waals surface area contributed by atoms with E-state index in [9.17, 15) is 0 Å². The molecule has 0 aliphatic heterocycles. The zero-order valence-corrected chi connectivity index (χ0v) is 11.7. The van der Waals surface area contributed by atoms with Crippen molar-refractivity contribution in [3.63, 3.8) is 0 Å². The Balaban J connectivity index is 2.25. The Labute approximate surface area is 114 Å². The first-order chi connectivity index (χ1) is 8.74. The molecule has 0 radical (unpaired) electrons. The van der Waals surface area contributed by atoms with Crippen LogP contribution < -0.4 is 5.73 Å². The van der Waals surface area contributed by atoms with Crippen molar-refractivity contribution in [2.45, 2.75) is 31.7 Å². The van der Waals surface area contributed by atoms with Crippen LogP contribution in [0.3, 0.4) is 0 Å². The van der Waals surface area contributed by atoms with Crippen molar-refractivity contribution >= 4 is 32.8 Å². The number of halogens is 1. The van der Waals surface area contributed by atoms with Gasteiger partial charge in [-0.05, 0) is 41.1 Å². The van der Waals surface area contributed by atoms with Gasteiger partial charge in [-0.1, -0.05) is 6.08 Å². The van der Waals surface area contributed by atoms with Gasteiger partial charge in [-0.25, -0.2) is 9.97 Å². The van der Waals surface area contributed by atoms with Gasteiger partial charge in [0.05, 0.1) is 9.99 Å². The fourth-order valence-corrected chi connectivity index (χ4v) is 3.23. The summed E-state index contributed by atoms with van der Waals surface area (Å²) in [6, 6.07) is 0. The van der Waals surface area contributed by atoms with Crippen LogP contribution >= 0.6 is 15.9 Å². The van der Waals surface area contributed by atoms with Gasteiger partial charge in [-0.3, -0.25) is 0 Å². The summed E-state index contributed by atoms with van der Waals surface area (Å²) in [7, 11) is 0. The van der Waals surface area contributed by atoms with Gasteiger partial charge < -0.3 is 10.3 Å². The fraction of sp³-hybridized carbons (Fsp3) is 0.385. The highest BCUT2D eigenvalue weighted by atomic mass is 79.9. The summed E-state index contributed by atoms with van der Waals surface area (Å²) in [5.74, 6) is 1.19. The van der Waals surface area contributed by atoms with E-state index in [4.69, 9.17) is 5.73 Å². The first-order valence-electron chi connectivity index (χ1n) is 6.13. The third-order valence-electron chi connectivity index (χ3n) is 3.38. The second-order valence-electron chi connectivity index (χ2n) is 4.67. The number of anilines is 1. The Morgan fingerprint density at radius 1 is 1.50 bits per heavy atom. The highest BCUT2D eigenvalue weighted by Gasteiger charge is 2.32. The molecule has 1 saturated carbocycles. The van der Waals surface area contributed by atoms with Crippen molar-refractivity contribution in [2.75, 3.05) is 5.73 Å². The molecule has 94 valence electrons. The number of aromatic nitrogens is 3. The maximum absolute atomic E-state index is 6.03. The molecule has 2 aromatic heterocycles. The van der Waals surface area contributed by atoms with Crippen LogP contribution in [0, 0.1) is 0 Å². The van der Waals surface area contributed by atoms with Crippen molar-refractivity contribution in [3.05, 3.63) is 29.1 Å². The lowest BCUT2D eigenvalue weighted by atomic mass is 10.1. The molecule has 0 amide bonds. The van der Waals surface area contributed by atoms with Crippen LogP contribution in [0.15, 0.2) is 23.6 Å². The number of fused-ring (bicyclic) bond motifs is 1. The highest BCUT2D eigenvalue weighted by molar-refractivity contribution is 9.10. The lowest BCUT2D eigenvalue weighted by Crippen LogP contribution is -1.99. The molecule has 2 aromatic rings. The predicted molar refractivity (Wildman–Crippen MR) is 76.4 cm³/mol. The number of nitrogens with zero attached hydrogens (tertiary/aromatic N) is 3. The average molecular weight is 307 g/mol. The van der Waals surface area contributed by atoms with Gasteiger partial charge in [0, 0.05) is 12.1 Å². The number of aryl methyl sites for hydroxylation is 1. The monoisotopic (exact) mass is 306 g/mol. The molecule has 0 atom stereocenters. The minimum absolute atomic E-state index is 0.583. The number of hydrogen-bond acceptors (Lipinski definition) is 3. The number of allylic oxidation sites excluding steroid dienone is 1. The smallest absolute Gasteiger partial charge is 0.146 e. The zero-order valence-electron chi connectivity index (χ0n) is 10.1. The van der Waals surface area contributed by atoms with Gasteiger partial charge in [0.15, 0.2) is 0 Å².